The van der Waals surface area contributed by atoms with Gasteiger partial charge in [0.15, 0.2) is 5.65 Å². The van der Waals surface area contributed by atoms with Crippen molar-refractivity contribution in [1.82, 2.24) is 24.8 Å². The molecule has 0 unspecified atom stereocenters. The second kappa shape index (κ2) is 9.14. The average molecular weight is 448 g/mol. The number of para-hydroxylation sites is 1. The molecule has 1 atom stereocenters. The molecule has 0 spiro atoms. The fraction of sp³-hybridized carbons (Fsp3) is 0.500. The molecular formula is C26H33N5O2. The highest BCUT2D eigenvalue weighted by Gasteiger charge is 2.29. The number of ether oxygens (including phenoxy) is 1. The number of carbonyl (C=O) groups is 1. The van der Waals surface area contributed by atoms with Crippen molar-refractivity contribution in [3.05, 3.63) is 58.5 Å². The molecule has 1 amide bonds. The van der Waals surface area contributed by atoms with Crippen LogP contribution < -0.4 is 10.1 Å². The van der Waals surface area contributed by atoms with Crippen molar-refractivity contribution in [2.75, 3.05) is 13.7 Å². The minimum absolute atomic E-state index is 0.135. The van der Waals surface area contributed by atoms with Gasteiger partial charge in [0.2, 0.25) is 5.91 Å². The van der Waals surface area contributed by atoms with Gasteiger partial charge in [0, 0.05) is 42.0 Å². The fourth-order valence-corrected chi connectivity index (χ4v) is 5.04. The maximum absolute atomic E-state index is 12.2. The zero-order valence-corrected chi connectivity index (χ0v) is 19.8. The molecule has 2 aliphatic rings. The van der Waals surface area contributed by atoms with Gasteiger partial charge in [0.05, 0.1) is 18.8 Å². The lowest BCUT2D eigenvalue weighted by molar-refractivity contribution is -0.121. The number of fused-ring (bicyclic) bond motifs is 1. The van der Waals surface area contributed by atoms with Crippen LogP contribution in [0.15, 0.2) is 30.3 Å². The predicted molar refractivity (Wildman–Crippen MR) is 127 cm³/mol. The van der Waals surface area contributed by atoms with Crippen LogP contribution >= 0.6 is 0 Å². The maximum Gasteiger partial charge on any atom is 0.220 e. The number of hydrogen-bond acceptors (Lipinski definition) is 5. The first-order valence-corrected chi connectivity index (χ1v) is 12.0. The van der Waals surface area contributed by atoms with Gasteiger partial charge in [-0.15, -0.1) is 0 Å². The van der Waals surface area contributed by atoms with E-state index in [0.29, 0.717) is 18.9 Å². The molecule has 7 heteroatoms. The molecule has 2 aromatic heterocycles. The summed E-state index contributed by atoms with van der Waals surface area (Å²) in [5.41, 5.74) is 6.35. The van der Waals surface area contributed by atoms with E-state index in [-0.39, 0.29) is 11.9 Å². The second-order valence-corrected chi connectivity index (χ2v) is 9.38. The van der Waals surface area contributed by atoms with Crippen LogP contribution in [0, 0.1) is 13.8 Å². The normalized spacial score (nSPS) is 18.7. The molecule has 33 heavy (non-hydrogen) atoms. The Balaban J connectivity index is 1.37. The molecule has 1 saturated heterocycles. The predicted octanol–water partition coefficient (Wildman–Crippen LogP) is 3.90. The first-order valence-electron chi connectivity index (χ1n) is 12.0. The molecule has 2 fully saturated rings. The summed E-state index contributed by atoms with van der Waals surface area (Å²) >= 11 is 0. The summed E-state index contributed by atoms with van der Waals surface area (Å²) in [5.74, 6) is 1.07. The van der Waals surface area contributed by atoms with Crippen LogP contribution in [-0.2, 0) is 17.8 Å². The summed E-state index contributed by atoms with van der Waals surface area (Å²) in [6.07, 6.45) is 5.66. The van der Waals surface area contributed by atoms with Gasteiger partial charge in [0.25, 0.3) is 0 Å². The zero-order valence-electron chi connectivity index (χ0n) is 19.8. The van der Waals surface area contributed by atoms with Crippen LogP contribution in [-0.4, -0.2) is 45.1 Å². The number of nitrogens with zero attached hydrogens (tertiary/aromatic N) is 4. The van der Waals surface area contributed by atoms with E-state index in [1.54, 1.807) is 7.11 Å². The summed E-state index contributed by atoms with van der Waals surface area (Å²) in [6.45, 7) is 6.02. The SMILES string of the molecule is COc1ccccc1CN1CCC[C@@H]1c1cc2nc(C)c(CCC(=O)NC3CC3)c(C)n2n1. The third-order valence-corrected chi connectivity index (χ3v) is 7.00. The molecule has 7 nitrogen and oxygen atoms in total. The highest BCUT2D eigenvalue weighted by Crippen LogP contribution is 2.34. The van der Waals surface area contributed by atoms with Crippen LogP contribution in [0.5, 0.6) is 5.75 Å². The first-order chi connectivity index (χ1) is 16.0. The van der Waals surface area contributed by atoms with Crippen LogP contribution in [0.1, 0.15) is 66.4 Å². The molecule has 1 aliphatic heterocycles. The van der Waals surface area contributed by atoms with E-state index in [1.807, 2.05) is 23.6 Å². The summed E-state index contributed by atoms with van der Waals surface area (Å²) in [4.78, 5) is 19.5. The standard InChI is InChI=1S/C26H33N5O2/c1-17-21(12-13-26(32)28-20-10-11-20)18(2)31-25(27-17)15-22(29-31)23-8-6-14-30(23)16-19-7-4-5-9-24(19)33-3/h4-5,7,9,15,20,23H,6,8,10-14,16H2,1-3H3,(H,28,32)/t23-/m1/s1. The topological polar surface area (TPSA) is 71.8 Å². The number of aryl methyl sites for hydroxylation is 2. The molecule has 174 valence electrons. The van der Waals surface area contributed by atoms with Gasteiger partial charge in [0.1, 0.15) is 5.75 Å². The lowest BCUT2D eigenvalue weighted by atomic mass is 10.1. The molecule has 1 aromatic carbocycles. The molecule has 3 aromatic rings. The van der Waals surface area contributed by atoms with E-state index in [9.17, 15) is 4.79 Å². The number of aromatic nitrogens is 3. The van der Waals surface area contributed by atoms with E-state index in [2.05, 4.69) is 35.3 Å². The highest BCUT2D eigenvalue weighted by molar-refractivity contribution is 5.76. The quantitative estimate of drug-likeness (QED) is 0.567. The molecule has 1 saturated carbocycles. The van der Waals surface area contributed by atoms with Crippen molar-refractivity contribution in [1.29, 1.82) is 0 Å². The number of amides is 1. The molecule has 0 bridgehead atoms. The smallest absolute Gasteiger partial charge is 0.220 e. The Morgan fingerprint density at radius 3 is 2.82 bits per heavy atom. The van der Waals surface area contributed by atoms with Gasteiger partial charge in [-0.05, 0) is 64.1 Å². The molecule has 3 heterocycles. The Morgan fingerprint density at radius 2 is 2.03 bits per heavy atom. The molecule has 5 rings (SSSR count). The highest BCUT2D eigenvalue weighted by atomic mass is 16.5. The zero-order chi connectivity index (χ0) is 22.9. The Morgan fingerprint density at radius 1 is 1.21 bits per heavy atom. The van der Waals surface area contributed by atoms with Gasteiger partial charge in [-0.3, -0.25) is 9.69 Å². The number of nitrogens with one attached hydrogen (secondary N) is 1. The van der Waals surface area contributed by atoms with E-state index in [0.717, 1.165) is 72.8 Å². The Bertz CT molecular complexity index is 1170. The van der Waals surface area contributed by atoms with Crippen LogP contribution in [0.4, 0.5) is 0 Å². The fourth-order valence-electron chi connectivity index (χ4n) is 5.04. The Hall–Kier alpha value is -2.93. The molecular weight excluding hydrogens is 414 g/mol. The number of likely N-dealkylation sites (tertiary alicyclic amines) is 1. The molecule has 0 radical (unpaired) electrons. The summed E-state index contributed by atoms with van der Waals surface area (Å²) < 4.78 is 7.53. The number of benzene rings is 1. The van der Waals surface area contributed by atoms with Gasteiger partial charge >= 0.3 is 0 Å². The van der Waals surface area contributed by atoms with Crippen molar-refractivity contribution in [2.45, 2.75) is 71.0 Å². The number of rotatable bonds is 8. The number of hydrogen-bond donors (Lipinski definition) is 1. The monoisotopic (exact) mass is 447 g/mol. The number of carbonyl (C=O) groups excluding carboxylic acids is 1. The summed E-state index contributed by atoms with van der Waals surface area (Å²) in [6, 6.07) is 11.0. The minimum atomic E-state index is 0.135. The van der Waals surface area contributed by atoms with E-state index >= 15 is 0 Å². The van der Waals surface area contributed by atoms with Gasteiger partial charge in [-0.1, -0.05) is 18.2 Å². The second-order valence-electron chi connectivity index (χ2n) is 9.38. The van der Waals surface area contributed by atoms with Crippen LogP contribution in [0.25, 0.3) is 5.65 Å². The lowest BCUT2D eigenvalue weighted by Crippen LogP contribution is -2.25. The van der Waals surface area contributed by atoms with Gasteiger partial charge in [-0.2, -0.15) is 5.10 Å². The van der Waals surface area contributed by atoms with E-state index in [4.69, 9.17) is 14.8 Å². The van der Waals surface area contributed by atoms with Crippen molar-refractivity contribution >= 4 is 11.6 Å². The number of methoxy groups -OCH3 is 1. The van der Waals surface area contributed by atoms with Crippen molar-refractivity contribution in [3.8, 4) is 5.75 Å². The first kappa shape index (κ1) is 21.9. The third-order valence-electron chi connectivity index (χ3n) is 7.00. The van der Waals surface area contributed by atoms with Gasteiger partial charge in [-0.25, -0.2) is 9.50 Å². The Labute approximate surface area is 195 Å². The largest absolute Gasteiger partial charge is 0.496 e. The lowest BCUT2D eigenvalue weighted by Gasteiger charge is -2.23. The summed E-state index contributed by atoms with van der Waals surface area (Å²) in [7, 11) is 1.73. The van der Waals surface area contributed by atoms with Crippen LogP contribution in [0.2, 0.25) is 0 Å². The van der Waals surface area contributed by atoms with E-state index in [1.165, 1.54) is 5.56 Å². The summed E-state index contributed by atoms with van der Waals surface area (Å²) in [5, 5.41) is 8.07. The van der Waals surface area contributed by atoms with Crippen molar-refractivity contribution in [3.63, 3.8) is 0 Å². The average Bonchev–Trinajstić information content (AvgIpc) is 3.32. The maximum atomic E-state index is 12.2. The van der Waals surface area contributed by atoms with Gasteiger partial charge < -0.3 is 10.1 Å². The third kappa shape index (κ3) is 4.60. The molecule has 1 N–H and O–H groups in total. The molecule has 1 aliphatic carbocycles. The van der Waals surface area contributed by atoms with Crippen molar-refractivity contribution < 1.29 is 9.53 Å². The Kier molecular flexibility index (Phi) is 6.06. The van der Waals surface area contributed by atoms with Crippen LogP contribution in [0.3, 0.4) is 0 Å². The minimum Gasteiger partial charge on any atom is -0.496 e. The van der Waals surface area contributed by atoms with E-state index < -0.39 is 0 Å². The van der Waals surface area contributed by atoms with Crippen molar-refractivity contribution in [2.24, 2.45) is 0 Å².